The van der Waals surface area contributed by atoms with Crippen molar-refractivity contribution in [3.63, 3.8) is 0 Å². The van der Waals surface area contributed by atoms with Crippen molar-refractivity contribution >= 4 is 12.1 Å². The van der Waals surface area contributed by atoms with Crippen molar-refractivity contribution in [1.82, 2.24) is 4.90 Å². The number of piperidine rings is 1. The molecule has 0 spiro atoms. The van der Waals surface area contributed by atoms with E-state index in [0.29, 0.717) is 19.7 Å². The zero-order chi connectivity index (χ0) is 14.8. The Hall–Kier alpha value is -2.04. The number of ether oxygens (including phenoxy) is 2. The molecule has 1 heterocycles. The monoisotopic (exact) mass is 289 g/mol. The van der Waals surface area contributed by atoms with Gasteiger partial charge in [-0.1, -0.05) is 30.3 Å². The Morgan fingerprint density at radius 2 is 1.81 bits per heavy atom. The first-order valence-corrected chi connectivity index (χ1v) is 7.33. The second-order valence-electron chi connectivity index (χ2n) is 5.55. The number of rotatable bonds is 4. The smallest absolute Gasteiger partial charge is 0.410 e. The van der Waals surface area contributed by atoms with E-state index in [0.717, 1.165) is 5.56 Å². The van der Waals surface area contributed by atoms with Crippen molar-refractivity contribution in [2.24, 2.45) is 17.8 Å². The Morgan fingerprint density at radius 1 is 1.14 bits per heavy atom. The zero-order valence-corrected chi connectivity index (χ0v) is 12.0. The second kappa shape index (κ2) is 5.76. The molecule has 3 atom stereocenters. The van der Waals surface area contributed by atoms with Crippen LogP contribution in [0.25, 0.3) is 0 Å². The van der Waals surface area contributed by atoms with Crippen LogP contribution in [-0.4, -0.2) is 36.7 Å². The number of carbonyl (C=O) groups excluding carboxylic acids is 2. The highest BCUT2D eigenvalue weighted by Gasteiger charge is 2.61. The molecular weight excluding hydrogens is 270 g/mol. The van der Waals surface area contributed by atoms with Gasteiger partial charge in [-0.3, -0.25) is 4.79 Å². The van der Waals surface area contributed by atoms with Crippen LogP contribution in [0.2, 0.25) is 0 Å². The summed E-state index contributed by atoms with van der Waals surface area (Å²) in [4.78, 5) is 25.3. The van der Waals surface area contributed by atoms with Gasteiger partial charge in [0.15, 0.2) is 0 Å². The summed E-state index contributed by atoms with van der Waals surface area (Å²) in [6, 6.07) is 9.60. The van der Waals surface area contributed by atoms with Crippen LogP contribution >= 0.6 is 0 Å². The first-order chi connectivity index (χ1) is 10.2. The number of benzene rings is 1. The van der Waals surface area contributed by atoms with E-state index in [1.165, 1.54) is 0 Å². The number of esters is 1. The molecule has 1 aliphatic heterocycles. The van der Waals surface area contributed by atoms with Gasteiger partial charge >= 0.3 is 12.1 Å². The van der Waals surface area contributed by atoms with Gasteiger partial charge in [-0.25, -0.2) is 4.79 Å². The van der Waals surface area contributed by atoms with Crippen molar-refractivity contribution in [1.29, 1.82) is 0 Å². The van der Waals surface area contributed by atoms with Crippen LogP contribution in [0.3, 0.4) is 0 Å². The highest BCUT2D eigenvalue weighted by molar-refractivity contribution is 5.78. The number of likely N-dealkylation sites (tertiary alicyclic amines) is 1. The molecule has 0 N–H and O–H groups in total. The fourth-order valence-electron chi connectivity index (χ4n) is 3.07. The summed E-state index contributed by atoms with van der Waals surface area (Å²) in [7, 11) is 0. The lowest BCUT2D eigenvalue weighted by molar-refractivity contribution is -0.145. The topological polar surface area (TPSA) is 55.8 Å². The molecule has 2 unspecified atom stereocenters. The number of carbonyl (C=O) groups is 2. The summed E-state index contributed by atoms with van der Waals surface area (Å²) in [5.41, 5.74) is 0.972. The molecule has 2 fully saturated rings. The van der Waals surface area contributed by atoms with Crippen LogP contribution in [0.5, 0.6) is 0 Å². The minimum absolute atomic E-state index is 0.0110. The molecule has 1 saturated heterocycles. The predicted octanol–water partition coefficient (Wildman–Crippen LogP) is 2.06. The van der Waals surface area contributed by atoms with Crippen molar-refractivity contribution in [2.45, 2.75) is 13.5 Å². The first kappa shape index (κ1) is 13.9. The number of amides is 1. The largest absolute Gasteiger partial charge is 0.466 e. The van der Waals surface area contributed by atoms with E-state index < -0.39 is 0 Å². The molecule has 5 heteroatoms. The van der Waals surface area contributed by atoms with E-state index in [4.69, 9.17) is 9.47 Å². The summed E-state index contributed by atoms with van der Waals surface area (Å²) in [6.45, 7) is 3.71. The van der Waals surface area contributed by atoms with Gasteiger partial charge in [-0.05, 0) is 24.3 Å². The third-order valence-electron chi connectivity index (χ3n) is 4.22. The van der Waals surface area contributed by atoms with Gasteiger partial charge in [0.1, 0.15) is 6.61 Å². The van der Waals surface area contributed by atoms with Crippen molar-refractivity contribution < 1.29 is 19.1 Å². The molecule has 21 heavy (non-hydrogen) atoms. The van der Waals surface area contributed by atoms with Gasteiger partial charge in [-0.15, -0.1) is 0 Å². The molecular formula is C16H19NO4. The van der Waals surface area contributed by atoms with E-state index >= 15 is 0 Å². The highest BCUT2D eigenvalue weighted by Crippen LogP contribution is 2.52. The SMILES string of the molecule is CCOC(=O)C1C2CN(C(=O)OCc3ccccc3)C[C@@H]21. The van der Waals surface area contributed by atoms with Crippen LogP contribution < -0.4 is 0 Å². The Morgan fingerprint density at radius 3 is 2.43 bits per heavy atom. The average Bonchev–Trinajstić information content (AvgIpc) is 3.01. The number of hydrogen-bond donors (Lipinski definition) is 0. The molecule has 112 valence electrons. The molecule has 2 aliphatic rings. The fourth-order valence-corrected chi connectivity index (χ4v) is 3.07. The predicted molar refractivity (Wildman–Crippen MR) is 75.3 cm³/mol. The average molecular weight is 289 g/mol. The van der Waals surface area contributed by atoms with E-state index in [1.807, 2.05) is 37.3 Å². The zero-order valence-electron chi connectivity index (χ0n) is 12.0. The molecule has 1 amide bonds. The Labute approximate surface area is 123 Å². The van der Waals surface area contributed by atoms with Crippen molar-refractivity contribution in [3.05, 3.63) is 35.9 Å². The van der Waals surface area contributed by atoms with Gasteiger partial charge < -0.3 is 14.4 Å². The normalized spacial score (nSPS) is 26.1. The molecule has 0 bridgehead atoms. The minimum Gasteiger partial charge on any atom is -0.466 e. The van der Waals surface area contributed by atoms with Crippen molar-refractivity contribution in [3.8, 4) is 0 Å². The standard InChI is InChI=1S/C16H19NO4/c1-2-20-15(18)14-12-8-17(9-13(12)14)16(19)21-10-11-6-4-3-5-7-11/h3-7,12-14H,2,8-10H2,1H3/t12-,13?,14?/m0/s1. The maximum atomic E-state index is 12.0. The summed E-state index contributed by atoms with van der Waals surface area (Å²) in [5, 5.41) is 0. The summed E-state index contributed by atoms with van der Waals surface area (Å²) < 4.78 is 10.3. The first-order valence-electron chi connectivity index (χ1n) is 7.33. The van der Waals surface area contributed by atoms with E-state index in [2.05, 4.69) is 0 Å². The minimum atomic E-state index is -0.298. The molecule has 0 radical (unpaired) electrons. The lowest BCUT2D eigenvalue weighted by Crippen LogP contribution is -2.33. The lowest BCUT2D eigenvalue weighted by atomic mass is 10.2. The third kappa shape index (κ3) is 2.86. The number of nitrogens with zero attached hydrogens (tertiary/aromatic N) is 1. The molecule has 0 aromatic heterocycles. The Kier molecular flexibility index (Phi) is 3.82. The Bertz CT molecular complexity index is 518. The van der Waals surface area contributed by atoms with Crippen LogP contribution in [0.1, 0.15) is 12.5 Å². The summed E-state index contributed by atoms with van der Waals surface area (Å²) in [6.07, 6.45) is -0.298. The van der Waals surface area contributed by atoms with Gasteiger partial charge in [0.2, 0.25) is 0 Å². The molecule has 5 nitrogen and oxygen atoms in total. The van der Waals surface area contributed by atoms with Crippen LogP contribution in [0.4, 0.5) is 4.79 Å². The maximum absolute atomic E-state index is 12.0. The van der Waals surface area contributed by atoms with E-state index in [-0.39, 0.29) is 36.4 Å². The molecule has 1 aromatic rings. The lowest BCUT2D eigenvalue weighted by Gasteiger charge is -2.19. The Balaban J connectivity index is 1.44. The highest BCUT2D eigenvalue weighted by atomic mass is 16.6. The second-order valence-corrected chi connectivity index (χ2v) is 5.55. The fraction of sp³-hybridized carbons (Fsp3) is 0.500. The summed E-state index contributed by atoms with van der Waals surface area (Å²) in [5.74, 6) is 0.384. The quantitative estimate of drug-likeness (QED) is 0.796. The summed E-state index contributed by atoms with van der Waals surface area (Å²) >= 11 is 0. The molecule has 1 aromatic carbocycles. The molecule has 1 aliphatic carbocycles. The number of fused-ring (bicyclic) bond motifs is 1. The van der Waals surface area contributed by atoms with Gasteiger partial charge in [0.25, 0.3) is 0 Å². The molecule has 3 rings (SSSR count). The number of hydrogen-bond acceptors (Lipinski definition) is 4. The van der Waals surface area contributed by atoms with Gasteiger partial charge in [-0.2, -0.15) is 0 Å². The van der Waals surface area contributed by atoms with Crippen LogP contribution in [0, 0.1) is 17.8 Å². The van der Waals surface area contributed by atoms with Crippen molar-refractivity contribution in [2.75, 3.05) is 19.7 Å². The van der Waals surface area contributed by atoms with Crippen LogP contribution in [-0.2, 0) is 20.9 Å². The van der Waals surface area contributed by atoms with Crippen LogP contribution in [0.15, 0.2) is 30.3 Å². The van der Waals surface area contributed by atoms with Gasteiger partial charge in [0.05, 0.1) is 12.5 Å². The van der Waals surface area contributed by atoms with E-state index in [9.17, 15) is 9.59 Å². The van der Waals surface area contributed by atoms with Gasteiger partial charge in [0, 0.05) is 13.1 Å². The molecule has 1 saturated carbocycles. The maximum Gasteiger partial charge on any atom is 0.410 e. The van der Waals surface area contributed by atoms with E-state index in [1.54, 1.807) is 4.90 Å². The third-order valence-corrected chi connectivity index (χ3v) is 4.22.